The zero-order valence-electron chi connectivity index (χ0n) is 12.1. The molecule has 0 fully saturated rings. The molecular weight excluding hydrogens is 252 g/mol. The average molecular weight is 270 g/mol. The first-order valence-corrected chi connectivity index (χ1v) is 6.41. The van der Waals surface area contributed by atoms with E-state index in [1.165, 1.54) is 0 Å². The molecule has 0 bridgehead atoms. The van der Waals surface area contributed by atoms with Gasteiger partial charge >= 0.3 is 5.97 Å². The highest BCUT2D eigenvalue weighted by Crippen LogP contribution is 2.28. The Morgan fingerprint density at radius 1 is 1.15 bits per heavy atom. The monoisotopic (exact) mass is 270 g/mol. The number of aromatic carboxylic acids is 1. The topological polar surface area (TPSA) is 53.4 Å². The summed E-state index contributed by atoms with van der Waals surface area (Å²) in [5, 5.41) is 9.38. The summed E-state index contributed by atoms with van der Waals surface area (Å²) in [6.07, 6.45) is 1.64. The second-order valence-corrected chi connectivity index (χ2v) is 5.04. The van der Waals surface area contributed by atoms with E-state index in [1.54, 1.807) is 19.2 Å². The van der Waals surface area contributed by atoms with Gasteiger partial charge in [0.25, 0.3) is 0 Å². The Kier molecular flexibility index (Phi) is 3.74. The van der Waals surface area contributed by atoms with Crippen LogP contribution in [-0.4, -0.2) is 23.1 Å². The van der Waals surface area contributed by atoms with Gasteiger partial charge in [-0.05, 0) is 55.7 Å². The van der Waals surface area contributed by atoms with Gasteiger partial charge in [0, 0.05) is 18.9 Å². The number of nitrogens with zero attached hydrogens (tertiary/aromatic N) is 2. The van der Waals surface area contributed by atoms with E-state index in [1.807, 2.05) is 37.9 Å². The third-order valence-corrected chi connectivity index (χ3v) is 3.26. The first-order chi connectivity index (χ1) is 9.40. The Hall–Kier alpha value is -2.36. The van der Waals surface area contributed by atoms with E-state index in [0.29, 0.717) is 11.4 Å². The summed E-state index contributed by atoms with van der Waals surface area (Å²) >= 11 is 0. The lowest BCUT2D eigenvalue weighted by molar-refractivity contribution is 0.0696. The summed E-state index contributed by atoms with van der Waals surface area (Å²) in [6, 6.07) is 7.83. The molecule has 1 heterocycles. The van der Waals surface area contributed by atoms with Gasteiger partial charge in [-0.25, -0.2) is 9.78 Å². The standard InChI is InChI=1S/C16H18N2O2/c1-10-7-11(2)9-13(8-10)18(4)15-14(16(19)20)12(3)5-6-17-15/h5-9H,1-4H3,(H,19,20). The molecule has 2 rings (SSSR count). The smallest absolute Gasteiger partial charge is 0.339 e. The molecule has 0 atom stereocenters. The predicted octanol–water partition coefficient (Wildman–Crippen LogP) is 3.47. The Balaban J connectivity index is 2.56. The summed E-state index contributed by atoms with van der Waals surface area (Å²) in [4.78, 5) is 17.5. The number of hydrogen-bond acceptors (Lipinski definition) is 3. The maximum absolute atomic E-state index is 11.4. The number of carboxylic acid groups (broad SMARTS) is 1. The van der Waals surface area contributed by atoms with E-state index in [4.69, 9.17) is 0 Å². The Morgan fingerprint density at radius 3 is 2.30 bits per heavy atom. The molecule has 0 saturated heterocycles. The average Bonchev–Trinajstić information content (AvgIpc) is 2.35. The van der Waals surface area contributed by atoms with Crippen LogP contribution in [0, 0.1) is 20.8 Å². The SMILES string of the molecule is Cc1cc(C)cc(N(C)c2nccc(C)c2C(=O)O)c1. The molecule has 20 heavy (non-hydrogen) atoms. The van der Waals surface area contributed by atoms with Crippen LogP contribution in [0.25, 0.3) is 0 Å². The van der Waals surface area contributed by atoms with Crippen molar-refractivity contribution in [3.05, 3.63) is 52.7 Å². The molecule has 0 aliphatic carbocycles. The van der Waals surface area contributed by atoms with Crippen LogP contribution in [0.15, 0.2) is 30.5 Å². The van der Waals surface area contributed by atoms with Crippen molar-refractivity contribution in [2.24, 2.45) is 0 Å². The molecule has 4 nitrogen and oxygen atoms in total. The number of anilines is 2. The fourth-order valence-corrected chi connectivity index (χ4v) is 2.33. The molecule has 0 aliphatic rings. The largest absolute Gasteiger partial charge is 0.478 e. The highest BCUT2D eigenvalue weighted by molar-refractivity contribution is 5.95. The van der Waals surface area contributed by atoms with Crippen LogP contribution in [0.3, 0.4) is 0 Å². The normalized spacial score (nSPS) is 10.4. The molecule has 0 amide bonds. The molecule has 2 aromatic rings. The van der Waals surface area contributed by atoms with Gasteiger partial charge in [0.05, 0.1) is 0 Å². The van der Waals surface area contributed by atoms with Crippen molar-refractivity contribution in [1.29, 1.82) is 0 Å². The number of aryl methyl sites for hydroxylation is 3. The second kappa shape index (κ2) is 5.33. The first kappa shape index (κ1) is 14.1. The van der Waals surface area contributed by atoms with Crippen LogP contribution < -0.4 is 4.90 Å². The van der Waals surface area contributed by atoms with E-state index < -0.39 is 5.97 Å². The number of carbonyl (C=O) groups is 1. The van der Waals surface area contributed by atoms with E-state index >= 15 is 0 Å². The van der Waals surface area contributed by atoms with Crippen molar-refractivity contribution >= 4 is 17.5 Å². The first-order valence-electron chi connectivity index (χ1n) is 6.41. The molecule has 104 valence electrons. The van der Waals surface area contributed by atoms with Gasteiger partial charge in [0.2, 0.25) is 0 Å². The minimum atomic E-state index is -0.957. The summed E-state index contributed by atoms with van der Waals surface area (Å²) in [5.41, 5.74) is 4.16. The van der Waals surface area contributed by atoms with Crippen LogP contribution in [-0.2, 0) is 0 Å². The van der Waals surface area contributed by atoms with Crippen molar-refractivity contribution in [3.63, 3.8) is 0 Å². The van der Waals surface area contributed by atoms with Crippen LogP contribution in [0.2, 0.25) is 0 Å². The van der Waals surface area contributed by atoms with Gasteiger partial charge in [-0.3, -0.25) is 0 Å². The molecule has 4 heteroatoms. The highest BCUT2D eigenvalue weighted by atomic mass is 16.4. The fourth-order valence-electron chi connectivity index (χ4n) is 2.33. The Morgan fingerprint density at radius 2 is 1.75 bits per heavy atom. The molecule has 0 unspecified atom stereocenters. The van der Waals surface area contributed by atoms with E-state index in [2.05, 4.69) is 11.1 Å². The summed E-state index contributed by atoms with van der Waals surface area (Å²) < 4.78 is 0. The molecule has 0 saturated carbocycles. The number of benzene rings is 1. The Labute approximate surface area is 118 Å². The summed E-state index contributed by atoms with van der Waals surface area (Å²) in [5.74, 6) is -0.496. The summed E-state index contributed by atoms with van der Waals surface area (Å²) in [6.45, 7) is 5.82. The van der Waals surface area contributed by atoms with Crippen LogP contribution >= 0.6 is 0 Å². The van der Waals surface area contributed by atoms with Gasteiger partial charge in [0.15, 0.2) is 0 Å². The predicted molar refractivity (Wildman–Crippen MR) is 79.9 cm³/mol. The van der Waals surface area contributed by atoms with E-state index in [0.717, 1.165) is 16.8 Å². The number of carboxylic acids is 1. The van der Waals surface area contributed by atoms with Crippen molar-refractivity contribution in [1.82, 2.24) is 4.98 Å². The van der Waals surface area contributed by atoms with E-state index in [-0.39, 0.29) is 5.56 Å². The highest BCUT2D eigenvalue weighted by Gasteiger charge is 2.18. The van der Waals surface area contributed by atoms with Gasteiger partial charge in [-0.1, -0.05) is 6.07 Å². The molecule has 0 radical (unpaired) electrons. The van der Waals surface area contributed by atoms with Gasteiger partial charge < -0.3 is 10.0 Å². The molecule has 1 aromatic heterocycles. The van der Waals surface area contributed by atoms with Gasteiger partial charge in [0.1, 0.15) is 11.4 Å². The second-order valence-electron chi connectivity index (χ2n) is 5.04. The van der Waals surface area contributed by atoms with Gasteiger partial charge in [-0.15, -0.1) is 0 Å². The minimum Gasteiger partial charge on any atom is -0.478 e. The van der Waals surface area contributed by atoms with Crippen LogP contribution in [0.1, 0.15) is 27.0 Å². The van der Waals surface area contributed by atoms with Crippen molar-refractivity contribution in [2.45, 2.75) is 20.8 Å². The van der Waals surface area contributed by atoms with Crippen molar-refractivity contribution in [3.8, 4) is 0 Å². The molecule has 0 spiro atoms. The number of rotatable bonds is 3. The third kappa shape index (κ3) is 2.64. The van der Waals surface area contributed by atoms with Crippen molar-refractivity contribution in [2.75, 3.05) is 11.9 Å². The lowest BCUT2D eigenvalue weighted by Gasteiger charge is -2.22. The zero-order chi connectivity index (χ0) is 14.9. The number of pyridine rings is 1. The molecular formula is C16H18N2O2. The third-order valence-electron chi connectivity index (χ3n) is 3.26. The maximum atomic E-state index is 11.4. The lowest BCUT2D eigenvalue weighted by Crippen LogP contribution is -2.17. The minimum absolute atomic E-state index is 0.245. The molecule has 1 N–H and O–H groups in total. The van der Waals surface area contributed by atoms with Crippen LogP contribution in [0.4, 0.5) is 11.5 Å². The summed E-state index contributed by atoms with van der Waals surface area (Å²) in [7, 11) is 1.84. The number of hydrogen-bond donors (Lipinski definition) is 1. The van der Waals surface area contributed by atoms with Crippen LogP contribution in [0.5, 0.6) is 0 Å². The fraction of sp³-hybridized carbons (Fsp3) is 0.250. The lowest BCUT2D eigenvalue weighted by atomic mass is 10.1. The maximum Gasteiger partial charge on any atom is 0.339 e. The molecule has 1 aromatic carbocycles. The zero-order valence-corrected chi connectivity index (χ0v) is 12.1. The Bertz CT molecular complexity index is 645. The van der Waals surface area contributed by atoms with E-state index in [9.17, 15) is 9.90 Å². The number of aromatic nitrogens is 1. The quantitative estimate of drug-likeness (QED) is 0.927. The molecule has 0 aliphatic heterocycles. The van der Waals surface area contributed by atoms with Gasteiger partial charge in [-0.2, -0.15) is 0 Å². The van der Waals surface area contributed by atoms with Crippen molar-refractivity contribution < 1.29 is 9.90 Å².